The third-order valence-electron chi connectivity index (χ3n) is 4.38. The van der Waals surface area contributed by atoms with Gasteiger partial charge in [0.1, 0.15) is 0 Å². The van der Waals surface area contributed by atoms with E-state index in [1.807, 2.05) is 18.2 Å². The summed E-state index contributed by atoms with van der Waals surface area (Å²) in [4.78, 5) is 0. The van der Waals surface area contributed by atoms with E-state index in [4.69, 9.17) is 20.1 Å². The number of benzene rings is 1. The summed E-state index contributed by atoms with van der Waals surface area (Å²) in [5.74, 6) is 7.43. The van der Waals surface area contributed by atoms with Crippen LogP contribution in [0.1, 0.15) is 44.2 Å². The number of ether oxygens (including phenoxy) is 3. The van der Waals surface area contributed by atoms with Crippen molar-refractivity contribution < 1.29 is 14.2 Å². The average molecular weight is 292 g/mol. The van der Waals surface area contributed by atoms with E-state index in [0.717, 1.165) is 42.9 Å². The number of fused-ring (bicyclic) bond motifs is 1. The van der Waals surface area contributed by atoms with Crippen LogP contribution in [0.2, 0.25) is 0 Å². The van der Waals surface area contributed by atoms with Crippen LogP contribution >= 0.6 is 0 Å². The fraction of sp³-hybridized carbons (Fsp3) is 0.625. The molecule has 0 aliphatic carbocycles. The van der Waals surface area contributed by atoms with Gasteiger partial charge in [-0.05, 0) is 43.9 Å². The Bertz CT molecular complexity index is 486. The van der Waals surface area contributed by atoms with E-state index >= 15 is 0 Å². The molecule has 0 saturated carbocycles. The van der Waals surface area contributed by atoms with E-state index in [9.17, 15) is 0 Å². The minimum absolute atomic E-state index is 0.0602. The highest BCUT2D eigenvalue weighted by atomic mass is 16.5. The Hall–Kier alpha value is -1.30. The summed E-state index contributed by atoms with van der Waals surface area (Å²) in [7, 11) is 0. The molecular formula is C16H24N2O3. The maximum absolute atomic E-state index is 6.03. The smallest absolute Gasteiger partial charge is 0.161 e. The van der Waals surface area contributed by atoms with Crippen molar-refractivity contribution >= 4 is 0 Å². The summed E-state index contributed by atoms with van der Waals surface area (Å²) in [5.41, 5.74) is 3.72. The van der Waals surface area contributed by atoms with Gasteiger partial charge in [0.15, 0.2) is 11.5 Å². The predicted octanol–water partition coefficient (Wildman–Crippen LogP) is 2.31. The zero-order valence-corrected chi connectivity index (χ0v) is 12.6. The molecule has 1 saturated heterocycles. The predicted molar refractivity (Wildman–Crippen MR) is 80.3 cm³/mol. The molecule has 1 aromatic carbocycles. The minimum Gasteiger partial charge on any atom is -0.490 e. The zero-order valence-electron chi connectivity index (χ0n) is 12.6. The summed E-state index contributed by atoms with van der Waals surface area (Å²) in [6.45, 7) is 4.30. The van der Waals surface area contributed by atoms with Crippen molar-refractivity contribution in [3.05, 3.63) is 23.8 Å². The van der Waals surface area contributed by atoms with E-state index < -0.39 is 0 Å². The second-order valence-electron chi connectivity index (χ2n) is 5.97. The van der Waals surface area contributed by atoms with Crippen molar-refractivity contribution in [2.24, 2.45) is 5.84 Å². The standard InChI is InChI=1S/C16H24N2O3/c1-16(7-2-3-10-21-16)15(18-17)12-5-6-13-14(11-12)20-9-4-8-19-13/h5-6,11,15,18H,2-4,7-10,17H2,1H3. The fourth-order valence-electron chi connectivity index (χ4n) is 3.17. The molecule has 1 fully saturated rings. The maximum atomic E-state index is 6.03. The molecule has 3 rings (SSSR count). The van der Waals surface area contributed by atoms with Gasteiger partial charge in [-0.2, -0.15) is 0 Å². The minimum atomic E-state index is -0.285. The summed E-state index contributed by atoms with van der Waals surface area (Å²) in [6, 6.07) is 5.97. The molecule has 21 heavy (non-hydrogen) atoms. The Kier molecular flexibility index (Phi) is 4.33. The lowest BCUT2D eigenvalue weighted by molar-refractivity contribution is -0.0899. The molecule has 5 heteroatoms. The number of nitrogens with one attached hydrogen (secondary N) is 1. The van der Waals surface area contributed by atoms with Crippen LogP contribution in [-0.4, -0.2) is 25.4 Å². The topological polar surface area (TPSA) is 65.7 Å². The van der Waals surface area contributed by atoms with Gasteiger partial charge in [0.25, 0.3) is 0 Å². The Morgan fingerprint density at radius 2 is 1.90 bits per heavy atom. The summed E-state index contributed by atoms with van der Waals surface area (Å²) < 4.78 is 17.5. The van der Waals surface area contributed by atoms with Gasteiger partial charge in [-0.25, -0.2) is 0 Å². The van der Waals surface area contributed by atoms with Crippen molar-refractivity contribution in [1.82, 2.24) is 5.43 Å². The molecule has 2 heterocycles. The van der Waals surface area contributed by atoms with Gasteiger partial charge in [0.2, 0.25) is 0 Å². The normalized spacial score (nSPS) is 27.0. The SMILES string of the molecule is CC1(C(NN)c2ccc3c(c2)OCCCO3)CCCCO1. The third kappa shape index (κ3) is 3.00. The number of hydrogen-bond donors (Lipinski definition) is 2. The molecule has 1 aromatic rings. The molecule has 116 valence electrons. The molecule has 0 radical (unpaired) electrons. The highest BCUT2D eigenvalue weighted by Gasteiger charge is 2.37. The van der Waals surface area contributed by atoms with Crippen molar-refractivity contribution in [1.29, 1.82) is 0 Å². The van der Waals surface area contributed by atoms with Gasteiger partial charge in [0, 0.05) is 13.0 Å². The Labute approximate surface area is 125 Å². The fourth-order valence-corrected chi connectivity index (χ4v) is 3.17. The number of hydrogen-bond acceptors (Lipinski definition) is 5. The molecule has 5 nitrogen and oxygen atoms in total. The average Bonchev–Trinajstić information content (AvgIpc) is 2.73. The Morgan fingerprint density at radius 1 is 1.10 bits per heavy atom. The number of rotatable bonds is 3. The van der Waals surface area contributed by atoms with Crippen LogP contribution in [0.3, 0.4) is 0 Å². The lowest BCUT2D eigenvalue weighted by Gasteiger charge is -2.40. The van der Waals surface area contributed by atoms with Gasteiger partial charge in [-0.1, -0.05) is 6.07 Å². The van der Waals surface area contributed by atoms with Crippen LogP contribution in [0.25, 0.3) is 0 Å². The number of hydrazine groups is 1. The second kappa shape index (κ2) is 6.22. The molecule has 0 spiro atoms. The van der Waals surface area contributed by atoms with E-state index in [0.29, 0.717) is 13.2 Å². The zero-order chi connectivity index (χ0) is 14.7. The van der Waals surface area contributed by atoms with Crippen LogP contribution < -0.4 is 20.7 Å². The van der Waals surface area contributed by atoms with Crippen LogP contribution in [-0.2, 0) is 4.74 Å². The van der Waals surface area contributed by atoms with Gasteiger partial charge in [-0.3, -0.25) is 11.3 Å². The molecule has 2 aliphatic heterocycles. The summed E-state index contributed by atoms with van der Waals surface area (Å²) in [5, 5.41) is 0. The Morgan fingerprint density at radius 3 is 2.62 bits per heavy atom. The number of nitrogens with two attached hydrogens (primary N) is 1. The van der Waals surface area contributed by atoms with Gasteiger partial charge in [0.05, 0.1) is 24.9 Å². The van der Waals surface area contributed by atoms with Gasteiger partial charge < -0.3 is 14.2 Å². The highest BCUT2D eigenvalue weighted by Crippen LogP contribution is 2.39. The van der Waals surface area contributed by atoms with E-state index in [2.05, 4.69) is 12.3 Å². The van der Waals surface area contributed by atoms with Gasteiger partial charge >= 0.3 is 0 Å². The first-order valence-electron chi connectivity index (χ1n) is 7.72. The van der Waals surface area contributed by atoms with E-state index in [1.54, 1.807) is 0 Å². The van der Waals surface area contributed by atoms with Crippen LogP contribution in [0, 0.1) is 0 Å². The molecule has 2 unspecified atom stereocenters. The quantitative estimate of drug-likeness (QED) is 0.661. The van der Waals surface area contributed by atoms with Crippen LogP contribution in [0.4, 0.5) is 0 Å². The van der Waals surface area contributed by atoms with Crippen LogP contribution in [0.5, 0.6) is 11.5 Å². The molecule has 2 aliphatic rings. The van der Waals surface area contributed by atoms with Crippen molar-refractivity contribution in [3.63, 3.8) is 0 Å². The van der Waals surface area contributed by atoms with Crippen molar-refractivity contribution in [3.8, 4) is 11.5 Å². The second-order valence-corrected chi connectivity index (χ2v) is 5.97. The van der Waals surface area contributed by atoms with Crippen molar-refractivity contribution in [2.75, 3.05) is 19.8 Å². The first kappa shape index (κ1) is 14.6. The lowest BCUT2D eigenvalue weighted by Crippen LogP contribution is -2.48. The monoisotopic (exact) mass is 292 g/mol. The molecule has 0 bridgehead atoms. The maximum Gasteiger partial charge on any atom is 0.161 e. The molecule has 0 amide bonds. The lowest BCUT2D eigenvalue weighted by atomic mass is 9.84. The summed E-state index contributed by atoms with van der Waals surface area (Å²) >= 11 is 0. The third-order valence-corrected chi connectivity index (χ3v) is 4.38. The molecule has 3 N–H and O–H groups in total. The summed E-state index contributed by atoms with van der Waals surface area (Å²) in [6.07, 6.45) is 4.19. The highest BCUT2D eigenvalue weighted by molar-refractivity contribution is 5.44. The van der Waals surface area contributed by atoms with Gasteiger partial charge in [-0.15, -0.1) is 0 Å². The van der Waals surface area contributed by atoms with Crippen molar-refractivity contribution in [2.45, 2.75) is 44.2 Å². The largest absolute Gasteiger partial charge is 0.490 e. The molecule has 2 atom stereocenters. The molecular weight excluding hydrogens is 268 g/mol. The van der Waals surface area contributed by atoms with E-state index in [1.165, 1.54) is 6.42 Å². The van der Waals surface area contributed by atoms with E-state index in [-0.39, 0.29) is 11.6 Å². The Balaban J connectivity index is 1.88. The van der Waals surface area contributed by atoms with Crippen LogP contribution in [0.15, 0.2) is 18.2 Å². The first-order valence-corrected chi connectivity index (χ1v) is 7.72. The first-order chi connectivity index (χ1) is 10.2. The molecule has 0 aromatic heterocycles.